The Hall–Kier alpha value is -1.59. The van der Waals surface area contributed by atoms with E-state index in [1.807, 2.05) is 6.07 Å². The van der Waals surface area contributed by atoms with Gasteiger partial charge in [-0.15, -0.1) is 11.3 Å². The summed E-state index contributed by atoms with van der Waals surface area (Å²) in [5.74, 6) is 0. The smallest absolute Gasteiger partial charge is 0.238 e. The lowest BCUT2D eigenvalue weighted by molar-refractivity contribution is -0.141. The molecule has 8 heteroatoms. The second-order valence-electron chi connectivity index (χ2n) is 3.06. The van der Waals surface area contributed by atoms with Crippen molar-refractivity contribution in [2.24, 2.45) is 0 Å². The van der Waals surface area contributed by atoms with E-state index in [0.717, 1.165) is 23.9 Å². The summed E-state index contributed by atoms with van der Waals surface area (Å²) in [7, 11) is 0. The zero-order valence-corrected chi connectivity index (χ0v) is 10.2. The summed E-state index contributed by atoms with van der Waals surface area (Å²) in [5, 5.41) is 10.6. The van der Waals surface area contributed by atoms with Gasteiger partial charge in [-0.1, -0.05) is 0 Å². The number of rotatable bonds is 2. The molecule has 0 fully saturated rings. The van der Waals surface area contributed by atoms with Crippen molar-refractivity contribution in [3.05, 3.63) is 35.0 Å². The average molecular weight is 287 g/mol. The second-order valence-corrected chi connectivity index (χ2v) is 5.19. The van der Waals surface area contributed by atoms with Gasteiger partial charge in [0.1, 0.15) is 16.8 Å². The highest BCUT2D eigenvalue weighted by atomic mass is 32.2. The summed E-state index contributed by atoms with van der Waals surface area (Å²) in [6.07, 6.45) is -2.99. The predicted octanol–water partition coefficient (Wildman–Crippen LogP) is 3.58. The Morgan fingerprint density at radius 1 is 1.33 bits per heavy atom. The molecule has 0 radical (unpaired) electrons. The Bertz CT molecular complexity index is 587. The molecule has 2 aromatic heterocycles. The van der Waals surface area contributed by atoms with Crippen LogP contribution in [0.2, 0.25) is 0 Å². The molecule has 0 saturated heterocycles. The van der Waals surface area contributed by atoms with Crippen LogP contribution in [0.15, 0.2) is 33.1 Å². The molecule has 2 rings (SSSR count). The van der Waals surface area contributed by atoms with E-state index in [0.29, 0.717) is 4.34 Å². The van der Waals surface area contributed by atoms with E-state index >= 15 is 0 Å². The largest absolute Gasteiger partial charge is 0.433 e. The molecule has 0 amide bonds. The fourth-order valence-corrected chi connectivity index (χ4v) is 2.71. The molecular weight excluding hydrogens is 283 g/mol. The molecule has 18 heavy (non-hydrogen) atoms. The highest BCUT2D eigenvalue weighted by molar-refractivity contribution is 8.01. The van der Waals surface area contributed by atoms with Gasteiger partial charge in [-0.3, -0.25) is 0 Å². The van der Waals surface area contributed by atoms with Gasteiger partial charge in [0.25, 0.3) is 0 Å². The van der Waals surface area contributed by atoms with Crippen LogP contribution in [0.5, 0.6) is 0 Å². The lowest BCUT2D eigenvalue weighted by Gasteiger charge is -2.07. The van der Waals surface area contributed by atoms with Gasteiger partial charge in [0.05, 0.1) is 5.56 Å². The maximum Gasteiger partial charge on any atom is 0.433 e. The molecule has 0 N–H and O–H groups in total. The lowest BCUT2D eigenvalue weighted by atomic mass is 10.2. The minimum Gasteiger partial charge on any atom is -0.238 e. The van der Waals surface area contributed by atoms with Crippen LogP contribution in [-0.4, -0.2) is 9.97 Å². The van der Waals surface area contributed by atoms with Crippen molar-refractivity contribution >= 4 is 23.1 Å². The predicted molar refractivity (Wildman–Crippen MR) is 60.2 cm³/mol. The Balaban J connectivity index is 2.41. The van der Waals surface area contributed by atoms with Crippen LogP contribution in [0.25, 0.3) is 0 Å². The molecule has 0 unspecified atom stereocenters. The lowest BCUT2D eigenvalue weighted by Crippen LogP contribution is -2.08. The highest BCUT2D eigenvalue weighted by Gasteiger charge is 2.33. The molecule has 2 heterocycles. The van der Waals surface area contributed by atoms with Crippen LogP contribution in [0.4, 0.5) is 13.2 Å². The van der Waals surface area contributed by atoms with Gasteiger partial charge in [0, 0.05) is 11.6 Å². The van der Waals surface area contributed by atoms with Gasteiger partial charge in [-0.05, 0) is 23.9 Å². The fourth-order valence-electron chi connectivity index (χ4n) is 1.10. The minimum atomic E-state index is -4.52. The first-order valence-corrected chi connectivity index (χ1v) is 6.26. The Morgan fingerprint density at radius 3 is 2.67 bits per heavy atom. The number of pyridine rings is 1. The van der Waals surface area contributed by atoms with E-state index in [-0.39, 0.29) is 10.6 Å². The van der Waals surface area contributed by atoms with E-state index in [2.05, 4.69) is 9.97 Å². The van der Waals surface area contributed by atoms with Crippen molar-refractivity contribution in [2.75, 3.05) is 0 Å². The summed E-state index contributed by atoms with van der Waals surface area (Å²) in [6, 6.07) is 3.73. The monoisotopic (exact) mass is 287 g/mol. The highest BCUT2D eigenvalue weighted by Crippen LogP contribution is 2.34. The normalized spacial score (nSPS) is 11.2. The van der Waals surface area contributed by atoms with E-state index in [9.17, 15) is 13.2 Å². The Morgan fingerprint density at radius 2 is 2.11 bits per heavy atom. The van der Waals surface area contributed by atoms with Crippen LogP contribution in [-0.2, 0) is 6.18 Å². The fraction of sp³-hybridized carbons (Fsp3) is 0.100. The summed E-state index contributed by atoms with van der Waals surface area (Å²) in [5.41, 5.74) is -0.913. The number of hydrogen-bond donors (Lipinski definition) is 0. The van der Waals surface area contributed by atoms with Gasteiger partial charge in [0.2, 0.25) is 0 Å². The van der Waals surface area contributed by atoms with Crippen molar-refractivity contribution in [2.45, 2.75) is 15.5 Å². The van der Waals surface area contributed by atoms with Gasteiger partial charge in [0.15, 0.2) is 4.34 Å². The number of alkyl halides is 3. The van der Waals surface area contributed by atoms with Gasteiger partial charge in [-0.25, -0.2) is 9.97 Å². The van der Waals surface area contributed by atoms with Crippen LogP contribution >= 0.6 is 23.1 Å². The van der Waals surface area contributed by atoms with E-state index in [1.54, 1.807) is 5.38 Å². The third kappa shape index (κ3) is 2.80. The van der Waals surface area contributed by atoms with E-state index in [4.69, 9.17) is 5.26 Å². The standard InChI is InChI=1S/C10H4F3N3S2/c11-10(12,13)7-2-1-6(5-14)8(16-7)18-9-15-3-4-17-9/h1-4H. The summed E-state index contributed by atoms with van der Waals surface area (Å²) in [6.45, 7) is 0. The summed E-state index contributed by atoms with van der Waals surface area (Å²) < 4.78 is 38.1. The number of halogens is 3. The molecule has 0 saturated carbocycles. The average Bonchev–Trinajstić information content (AvgIpc) is 2.80. The number of nitrogens with zero attached hydrogens (tertiary/aromatic N) is 3. The van der Waals surface area contributed by atoms with E-state index in [1.165, 1.54) is 17.5 Å². The zero-order chi connectivity index (χ0) is 13.2. The maximum absolute atomic E-state index is 12.5. The first kappa shape index (κ1) is 12.9. The number of aromatic nitrogens is 2. The molecule has 92 valence electrons. The number of nitriles is 1. The van der Waals surface area contributed by atoms with Crippen molar-refractivity contribution in [1.82, 2.24) is 9.97 Å². The zero-order valence-electron chi connectivity index (χ0n) is 8.60. The van der Waals surface area contributed by atoms with Crippen molar-refractivity contribution in [3.63, 3.8) is 0 Å². The maximum atomic E-state index is 12.5. The van der Waals surface area contributed by atoms with Crippen LogP contribution in [0, 0.1) is 11.3 Å². The molecule has 0 aliphatic heterocycles. The Kier molecular flexibility index (Phi) is 3.54. The SMILES string of the molecule is N#Cc1ccc(C(F)(F)F)nc1Sc1nccs1. The molecule has 0 aliphatic carbocycles. The first-order valence-electron chi connectivity index (χ1n) is 4.56. The first-order chi connectivity index (χ1) is 8.50. The van der Waals surface area contributed by atoms with Crippen LogP contribution in [0.3, 0.4) is 0 Å². The molecule has 3 nitrogen and oxygen atoms in total. The van der Waals surface area contributed by atoms with Gasteiger partial charge in [-0.2, -0.15) is 18.4 Å². The molecule has 0 spiro atoms. The van der Waals surface area contributed by atoms with Gasteiger partial charge < -0.3 is 0 Å². The van der Waals surface area contributed by atoms with Crippen molar-refractivity contribution in [1.29, 1.82) is 5.26 Å². The van der Waals surface area contributed by atoms with E-state index < -0.39 is 11.9 Å². The van der Waals surface area contributed by atoms with Crippen molar-refractivity contribution in [3.8, 4) is 6.07 Å². The van der Waals surface area contributed by atoms with Gasteiger partial charge >= 0.3 is 6.18 Å². The van der Waals surface area contributed by atoms with Crippen LogP contribution < -0.4 is 0 Å². The topological polar surface area (TPSA) is 49.6 Å². The molecule has 0 aromatic carbocycles. The number of hydrogen-bond acceptors (Lipinski definition) is 5. The quantitative estimate of drug-likeness (QED) is 0.847. The summed E-state index contributed by atoms with van der Waals surface area (Å²) in [4.78, 5) is 7.40. The molecular formula is C10H4F3N3S2. The second kappa shape index (κ2) is 4.96. The Labute approximate surface area is 108 Å². The molecule has 0 atom stereocenters. The summed E-state index contributed by atoms with van der Waals surface area (Å²) >= 11 is 2.22. The van der Waals surface area contributed by atoms with Crippen LogP contribution in [0.1, 0.15) is 11.3 Å². The molecule has 0 bridgehead atoms. The molecule has 0 aliphatic rings. The third-order valence-electron chi connectivity index (χ3n) is 1.86. The third-order valence-corrected chi connectivity index (χ3v) is 3.75. The molecule has 2 aromatic rings. The van der Waals surface area contributed by atoms with Crippen molar-refractivity contribution < 1.29 is 13.2 Å². The number of thiazole rings is 1. The minimum absolute atomic E-state index is 0.0160.